The lowest BCUT2D eigenvalue weighted by molar-refractivity contribution is 0.547. The summed E-state index contributed by atoms with van der Waals surface area (Å²) in [7, 11) is 0. The summed E-state index contributed by atoms with van der Waals surface area (Å²) < 4.78 is 2.12. The average molecular weight is 216 g/mol. The highest BCUT2D eigenvalue weighted by Crippen LogP contribution is 2.29. The van der Waals surface area contributed by atoms with Crippen molar-refractivity contribution in [3.05, 3.63) is 29.5 Å². The Hall–Kier alpha value is -1.31. The van der Waals surface area contributed by atoms with Gasteiger partial charge in [0.05, 0.1) is 11.2 Å². The fraction of sp³-hybridized carbons (Fsp3) is 0.500. The summed E-state index contributed by atoms with van der Waals surface area (Å²) in [6.07, 6.45) is 0. The molecule has 0 aliphatic heterocycles. The van der Waals surface area contributed by atoms with Crippen molar-refractivity contribution < 1.29 is 0 Å². The third-order valence-electron chi connectivity index (χ3n) is 3.05. The van der Waals surface area contributed by atoms with Gasteiger partial charge in [0.1, 0.15) is 0 Å². The zero-order valence-corrected chi connectivity index (χ0v) is 10.8. The molecule has 16 heavy (non-hydrogen) atoms. The zero-order valence-electron chi connectivity index (χ0n) is 10.8. The molecular weight excluding hydrogens is 196 g/mol. The number of hydrogen-bond acceptors (Lipinski definition) is 1. The highest BCUT2D eigenvalue weighted by molar-refractivity contribution is 5.86. The van der Waals surface area contributed by atoms with Crippen LogP contribution in [0.15, 0.2) is 18.2 Å². The van der Waals surface area contributed by atoms with Crippen LogP contribution in [0.4, 0.5) is 0 Å². The van der Waals surface area contributed by atoms with Crippen LogP contribution in [0.2, 0.25) is 0 Å². The van der Waals surface area contributed by atoms with E-state index in [9.17, 15) is 0 Å². The number of aromatic nitrogens is 2. The molecule has 2 aromatic rings. The second-order valence-corrected chi connectivity index (χ2v) is 5.02. The Labute approximate surface area is 97.3 Å². The van der Waals surface area contributed by atoms with Gasteiger partial charge < -0.3 is 0 Å². The Morgan fingerprint density at radius 2 is 1.81 bits per heavy atom. The smallest absolute Gasteiger partial charge is 0.0691 e. The van der Waals surface area contributed by atoms with Gasteiger partial charge in [-0.25, -0.2) is 0 Å². The van der Waals surface area contributed by atoms with Crippen LogP contribution < -0.4 is 0 Å². The Balaban J connectivity index is 2.79. The first kappa shape index (κ1) is 11.2. The first-order chi connectivity index (χ1) is 7.52. The summed E-state index contributed by atoms with van der Waals surface area (Å²) >= 11 is 0. The molecule has 0 atom stereocenters. The molecule has 2 rings (SSSR count). The Morgan fingerprint density at radius 1 is 1.12 bits per heavy atom. The van der Waals surface area contributed by atoms with Gasteiger partial charge in [0.25, 0.3) is 0 Å². The number of hydrogen-bond donors (Lipinski definition) is 0. The molecule has 0 unspecified atom stereocenters. The van der Waals surface area contributed by atoms with Crippen molar-refractivity contribution in [2.75, 3.05) is 0 Å². The number of fused-ring (bicyclic) bond motifs is 1. The first-order valence-electron chi connectivity index (χ1n) is 6.00. The molecule has 0 amide bonds. The van der Waals surface area contributed by atoms with Gasteiger partial charge in [0.2, 0.25) is 0 Å². The normalized spacial score (nSPS) is 11.9. The van der Waals surface area contributed by atoms with Crippen LogP contribution in [-0.4, -0.2) is 9.78 Å². The van der Waals surface area contributed by atoms with Crippen molar-refractivity contribution in [1.29, 1.82) is 0 Å². The molecule has 0 fully saturated rings. The van der Waals surface area contributed by atoms with Crippen molar-refractivity contribution in [1.82, 2.24) is 9.78 Å². The lowest BCUT2D eigenvalue weighted by Gasteiger charge is -2.09. The van der Waals surface area contributed by atoms with Crippen LogP contribution in [0.25, 0.3) is 10.9 Å². The van der Waals surface area contributed by atoms with Gasteiger partial charge in [-0.2, -0.15) is 5.10 Å². The SMILES string of the molecule is Cc1nn(C(C)C)c2cccc(C(C)C)c12. The molecule has 0 saturated heterocycles. The fourth-order valence-electron chi connectivity index (χ4n) is 2.28. The maximum Gasteiger partial charge on any atom is 0.0691 e. The van der Waals surface area contributed by atoms with E-state index in [4.69, 9.17) is 0 Å². The molecule has 2 heteroatoms. The lowest BCUT2D eigenvalue weighted by atomic mass is 9.98. The van der Waals surface area contributed by atoms with Gasteiger partial charge in [-0.05, 0) is 38.3 Å². The van der Waals surface area contributed by atoms with Crippen LogP contribution in [-0.2, 0) is 0 Å². The van der Waals surface area contributed by atoms with Crippen LogP contribution in [0.3, 0.4) is 0 Å². The number of nitrogens with zero attached hydrogens (tertiary/aromatic N) is 2. The summed E-state index contributed by atoms with van der Waals surface area (Å²) in [5.74, 6) is 0.548. The van der Waals surface area contributed by atoms with E-state index in [2.05, 4.69) is 62.6 Å². The molecule has 0 N–H and O–H groups in total. The summed E-state index contributed by atoms with van der Waals surface area (Å²) in [6, 6.07) is 6.93. The van der Waals surface area contributed by atoms with Crippen LogP contribution in [0, 0.1) is 6.92 Å². The largest absolute Gasteiger partial charge is 0.262 e. The zero-order chi connectivity index (χ0) is 11.9. The summed E-state index contributed by atoms with van der Waals surface area (Å²) in [5.41, 5.74) is 3.81. The van der Waals surface area contributed by atoms with E-state index >= 15 is 0 Å². The molecule has 2 nitrogen and oxygen atoms in total. The number of benzene rings is 1. The summed E-state index contributed by atoms with van der Waals surface area (Å²) in [4.78, 5) is 0. The van der Waals surface area contributed by atoms with Gasteiger partial charge in [0, 0.05) is 11.4 Å². The topological polar surface area (TPSA) is 17.8 Å². The van der Waals surface area contributed by atoms with E-state index in [-0.39, 0.29) is 0 Å². The minimum Gasteiger partial charge on any atom is -0.262 e. The third kappa shape index (κ3) is 1.62. The molecule has 0 spiro atoms. The van der Waals surface area contributed by atoms with E-state index in [0.29, 0.717) is 12.0 Å². The number of rotatable bonds is 2. The second-order valence-electron chi connectivity index (χ2n) is 5.02. The molecule has 0 radical (unpaired) electrons. The molecule has 0 saturated carbocycles. The number of aryl methyl sites for hydroxylation is 1. The Kier molecular flexibility index (Phi) is 2.75. The molecule has 0 aliphatic rings. The van der Waals surface area contributed by atoms with Crippen molar-refractivity contribution in [3.63, 3.8) is 0 Å². The molecule has 0 bridgehead atoms. The average Bonchev–Trinajstić information content (AvgIpc) is 2.56. The molecule has 1 aromatic carbocycles. The minimum atomic E-state index is 0.415. The molecule has 0 aliphatic carbocycles. The van der Waals surface area contributed by atoms with E-state index in [1.807, 2.05) is 0 Å². The third-order valence-corrected chi connectivity index (χ3v) is 3.05. The monoisotopic (exact) mass is 216 g/mol. The van der Waals surface area contributed by atoms with Crippen LogP contribution in [0.5, 0.6) is 0 Å². The predicted octanol–water partition coefficient (Wildman–Crippen LogP) is 4.05. The Morgan fingerprint density at radius 3 is 2.38 bits per heavy atom. The molecule has 1 aromatic heterocycles. The molecule has 1 heterocycles. The van der Waals surface area contributed by atoms with Crippen molar-refractivity contribution in [2.45, 2.75) is 46.6 Å². The van der Waals surface area contributed by atoms with E-state index < -0.39 is 0 Å². The van der Waals surface area contributed by atoms with Crippen LogP contribution >= 0.6 is 0 Å². The fourth-order valence-corrected chi connectivity index (χ4v) is 2.28. The van der Waals surface area contributed by atoms with Crippen molar-refractivity contribution in [3.8, 4) is 0 Å². The van der Waals surface area contributed by atoms with E-state index in [1.54, 1.807) is 0 Å². The molecular formula is C14H20N2. The predicted molar refractivity (Wildman–Crippen MR) is 68.9 cm³/mol. The highest BCUT2D eigenvalue weighted by atomic mass is 15.3. The van der Waals surface area contributed by atoms with Crippen LogP contribution in [0.1, 0.15) is 50.9 Å². The lowest BCUT2D eigenvalue weighted by Crippen LogP contribution is -2.02. The maximum absolute atomic E-state index is 4.65. The standard InChI is InChI=1S/C14H20N2/c1-9(2)12-7-6-8-13-14(12)11(5)15-16(13)10(3)4/h6-10H,1-5H3. The summed E-state index contributed by atoms with van der Waals surface area (Å²) in [5, 5.41) is 5.99. The van der Waals surface area contributed by atoms with Gasteiger partial charge in [0.15, 0.2) is 0 Å². The van der Waals surface area contributed by atoms with Gasteiger partial charge >= 0.3 is 0 Å². The van der Waals surface area contributed by atoms with E-state index in [0.717, 1.165) is 5.69 Å². The minimum absolute atomic E-state index is 0.415. The first-order valence-corrected chi connectivity index (χ1v) is 6.00. The van der Waals surface area contributed by atoms with Gasteiger partial charge in [-0.3, -0.25) is 4.68 Å². The van der Waals surface area contributed by atoms with E-state index in [1.165, 1.54) is 16.5 Å². The second kappa shape index (κ2) is 3.93. The molecule has 86 valence electrons. The quantitative estimate of drug-likeness (QED) is 0.740. The summed E-state index contributed by atoms with van der Waals surface area (Å²) in [6.45, 7) is 10.9. The Bertz CT molecular complexity index is 507. The maximum atomic E-state index is 4.65. The van der Waals surface area contributed by atoms with Crippen molar-refractivity contribution >= 4 is 10.9 Å². The van der Waals surface area contributed by atoms with Gasteiger partial charge in [-0.15, -0.1) is 0 Å². The van der Waals surface area contributed by atoms with Crippen molar-refractivity contribution in [2.24, 2.45) is 0 Å². The highest BCUT2D eigenvalue weighted by Gasteiger charge is 2.14. The van der Waals surface area contributed by atoms with Gasteiger partial charge in [-0.1, -0.05) is 26.0 Å².